The number of ether oxygens (including phenoxy) is 1. The maximum Gasteiger partial charge on any atom is 0.277 e. The summed E-state index contributed by atoms with van der Waals surface area (Å²) in [7, 11) is 0. The van der Waals surface area contributed by atoms with Crippen LogP contribution in [-0.4, -0.2) is 41.6 Å². The maximum atomic E-state index is 13.9. The van der Waals surface area contributed by atoms with Crippen LogP contribution in [0.5, 0.6) is 5.75 Å². The van der Waals surface area contributed by atoms with Gasteiger partial charge in [-0.05, 0) is 6.92 Å². The van der Waals surface area contributed by atoms with Crippen LogP contribution < -0.4 is 10.1 Å². The van der Waals surface area contributed by atoms with Crippen LogP contribution in [0.4, 0.5) is 14.5 Å². The van der Waals surface area contributed by atoms with Crippen molar-refractivity contribution in [1.29, 1.82) is 0 Å². The summed E-state index contributed by atoms with van der Waals surface area (Å²) in [5, 5.41) is 11.1. The minimum Gasteiger partial charge on any atom is -0.494 e. The molecular weight excluding hydrogens is 298 g/mol. The summed E-state index contributed by atoms with van der Waals surface area (Å²) >= 11 is 0. The fourth-order valence-corrected chi connectivity index (χ4v) is 1.96. The van der Waals surface area contributed by atoms with Gasteiger partial charge in [-0.3, -0.25) is 14.5 Å². The maximum absolute atomic E-state index is 13.9. The van der Waals surface area contributed by atoms with Crippen LogP contribution >= 0.6 is 0 Å². The number of halogens is 2. The van der Waals surface area contributed by atoms with E-state index < -0.39 is 35.7 Å². The van der Waals surface area contributed by atoms with Crippen LogP contribution in [0.1, 0.15) is 6.92 Å². The lowest BCUT2D eigenvalue weighted by Gasteiger charge is -2.14. The number of nitrogens with zero attached hydrogens (tertiary/aromatic N) is 1. The predicted octanol–water partition coefficient (Wildman–Crippen LogP) is 1.02. The summed E-state index contributed by atoms with van der Waals surface area (Å²) in [6.07, 6.45) is 0.924. The highest BCUT2D eigenvalue weighted by atomic mass is 19.1. The lowest BCUT2D eigenvalue weighted by molar-refractivity contribution is -0.137. The Balaban J connectivity index is 2.23. The number of anilines is 1. The van der Waals surface area contributed by atoms with Gasteiger partial charge in [0.25, 0.3) is 11.8 Å². The minimum absolute atomic E-state index is 0.0211. The van der Waals surface area contributed by atoms with Gasteiger partial charge in [-0.2, -0.15) is 0 Å². The van der Waals surface area contributed by atoms with Crippen molar-refractivity contribution >= 4 is 17.5 Å². The normalized spacial score (nSPS) is 14.4. The molecule has 1 aliphatic rings. The van der Waals surface area contributed by atoms with Gasteiger partial charge in [-0.25, -0.2) is 8.78 Å². The molecule has 0 aliphatic carbocycles. The number of imide groups is 1. The Bertz CT molecular complexity index is 623. The molecule has 0 fully saturated rings. The molecule has 1 heterocycles. The summed E-state index contributed by atoms with van der Waals surface area (Å²) in [6, 6.07) is 1.95. The number of nitrogens with one attached hydrogen (secondary N) is 1. The van der Waals surface area contributed by atoms with Gasteiger partial charge in [0.1, 0.15) is 17.1 Å². The Labute approximate surface area is 125 Å². The summed E-state index contributed by atoms with van der Waals surface area (Å²) in [5.41, 5.74) is -0.817. The number of rotatable bonds is 6. The third-order valence-electron chi connectivity index (χ3n) is 2.92. The SMILES string of the molecule is CCOc1cc(F)c(NC2=CC(=O)N(CCO)C2=O)c(F)c1. The number of hydrogen-bond donors (Lipinski definition) is 2. The van der Waals surface area contributed by atoms with Crippen LogP contribution in [0.3, 0.4) is 0 Å². The highest BCUT2D eigenvalue weighted by molar-refractivity contribution is 6.17. The standard InChI is InChI=1S/C14H14F2N2O4/c1-2-22-8-5-9(15)13(10(16)6-8)17-11-7-12(20)18(3-4-19)14(11)21/h5-7,17,19H,2-4H2,1H3. The number of hydrogen-bond acceptors (Lipinski definition) is 5. The molecule has 2 N–H and O–H groups in total. The van der Waals surface area contributed by atoms with E-state index in [0.717, 1.165) is 23.1 Å². The average Bonchev–Trinajstić information content (AvgIpc) is 2.71. The van der Waals surface area contributed by atoms with Gasteiger partial charge in [-0.1, -0.05) is 0 Å². The van der Waals surface area contributed by atoms with Crippen molar-refractivity contribution in [1.82, 2.24) is 4.90 Å². The molecule has 22 heavy (non-hydrogen) atoms. The van der Waals surface area contributed by atoms with E-state index >= 15 is 0 Å². The molecule has 6 nitrogen and oxygen atoms in total. The topological polar surface area (TPSA) is 78.9 Å². The van der Waals surface area contributed by atoms with E-state index in [0.29, 0.717) is 0 Å². The fourth-order valence-electron chi connectivity index (χ4n) is 1.96. The number of carbonyl (C=O) groups is 2. The van der Waals surface area contributed by atoms with Gasteiger partial charge in [0.15, 0.2) is 11.6 Å². The Morgan fingerprint density at radius 1 is 1.27 bits per heavy atom. The van der Waals surface area contributed by atoms with Crippen LogP contribution in [0.15, 0.2) is 23.9 Å². The van der Waals surface area contributed by atoms with Gasteiger partial charge in [0.05, 0.1) is 19.8 Å². The zero-order valence-corrected chi connectivity index (χ0v) is 11.7. The van der Waals surface area contributed by atoms with E-state index in [4.69, 9.17) is 9.84 Å². The van der Waals surface area contributed by atoms with Gasteiger partial charge < -0.3 is 15.2 Å². The summed E-state index contributed by atoms with van der Waals surface area (Å²) in [6.45, 7) is 1.34. The largest absolute Gasteiger partial charge is 0.494 e. The Kier molecular flexibility index (Phi) is 4.71. The van der Waals surface area contributed by atoms with E-state index in [9.17, 15) is 18.4 Å². The van der Waals surface area contributed by atoms with Crippen molar-refractivity contribution in [2.75, 3.05) is 25.1 Å². The highest BCUT2D eigenvalue weighted by Gasteiger charge is 2.31. The van der Waals surface area contributed by atoms with E-state index in [1.807, 2.05) is 0 Å². The molecule has 2 amide bonds. The van der Waals surface area contributed by atoms with Crippen molar-refractivity contribution in [3.05, 3.63) is 35.5 Å². The molecule has 1 aliphatic heterocycles. The number of carbonyl (C=O) groups excluding carboxylic acids is 2. The van der Waals surface area contributed by atoms with E-state index in [-0.39, 0.29) is 24.6 Å². The van der Waals surface area contributed by atoms with Gasteiger partial charge in [0, 0.05) is 18.2 Å². The summed E-state index contributed by atoms with van der Waals surface area (Å²) in [5.74, 6) is -3.30. The molecule has 118 valence electrons. The average molecular weight is 312 g/mol. The molecule has 0 unspecified atom stereocenters. The quantitative estimate of drug-likeness (QED) is 0.767. The predicted molar refractivity (Wildman–Crippen MR) is 73.0 cm³/mol. The second kappa shape index (κ2) is 6.52. The summed E-state index contributed by atoms with van der Waals surface area (Å²) < 4.78 is 32.8. The van der Waals surface area contributed by atoms with Crippen LogP contribution in [0.2, 0.25) is 0 Å². The molecule has 0 bridgehead atoms. The molecule has 0 spiro atoms. The molecule has 1 aromatic carbocycles. The molecule has 0 atom stereocenters. The summed E-state index contributed by atoms with van der Waals surface area (Å²) in [4.78, 5) is 24.2. The Morgan fingerprint density at radius 3 is 2.45 bits per heavy atom. The Hall–Kier alpha value is -2.48. The van der Waals surface area contributed by atoms with E-state index in [2.05, 4.69) is 5.32 Å². The van der Waals surface area contributed by atoms with E-state index in [1.54, 1.807) is 6.92 Å². The monoisotopic (exact) mass is 312 g/mol. The van der Waals surface area contributed by atoms with E-state index in [1.165, 1.54) is 0 Å². The molecule has 0 saturated heterocycles. The lowest BCUT2D eigenvalue weighted by Crippen LogP contribution is -2.34. The van der Waals surface area contributed by atoms with Crippen molar-refractivity contribution in [2.24, 2.45) is 0 Å². The first kappa shape index (κ1) is 15.9. The zero-order chi connectivity index (χ0) is 16.3. The van der Waals surface area contributed by atoms with Gasteiger partial charge in [-0.15, -0.1) is 0 Å². The molecule has 0 aromatic heterocycles. The van der Waals surface area contributed by atoms with Crippen LogP contribution in [0, 0.1) is 11.6 Å². The first-order valence-corrected chi connectivity index (χ1v) is 6.55. The van der Waals surface area contributed by atoms with Gasteiger partial charge in [0.2, 0.25) is 0 Å². The first-order chi connectivity index (χ1) is 10.5. The third-order valence-corrected chi connectivity index (χ3v) is 2.92. The number of aliphatic hydroxyl groups excluding tert-OH is 1. The first-order valence-electron chi connectivity index (χ1n) is 6.55. The fraction of sp³-hybridized carbons (Fsp3) is 0.286. The van der Waals surface area contributed by atoms with Crippen LogP contribution in [0.25, 0.3) is 0 Å². The molecule has 1 aromatic rings. The molecule has 0 saturated carbocycles. The highest BCUT2D eigenvalue weighted by Crippen LogP contribution is 2.27. The lowest BCUT2D eigenvalue weighted by atomic mass is 10.2. The Morgan fingerprint density at radius 2 is 1.91 bits per heavy atom. The molecule has 0 radical (unpaired) electrons. The number of aliphatic hydroxyl groups is 1. The molecule has 8 heteroatoms. The minimum atomic E-state index is -0.954. The number of benzene rings is 1. The van der Waals surface area contributed by atoms with Crippen molar-refractivity contribution < 1.29 is 28.2 Å². The third kappa shape index (κ3) is 3.06. The van der Waals surface area contributed by atoms with Crippen molar-refractivity contribution in [3.8, 4) is 5.75 Å². The number of β-amino-alcohol motifs (C(OH)–C–C–N with tert-alkyl or cyclic N) is 1. The number of amides is 2. The molecule has 2 rings (SSSR count). The second-order valence-corrected chi connectivity index (χ2v) is 4.40. The van der Waals surface area contributed by atoms with Crippen molar-refractivity contribution in [3.63, 3.8) is 0 Å². The van der Waals surface area contributed by atoms with Crippen molar-refractivity contribution in [2.45, 2.75) is 6.92 Å². The van der Waals surface area contributed by atoms with Crippen LogP contribution in [-0.2, 0) is 9.59 Å². The second-order valence-electron chi connectivity index (χ2n) is 4.40. The van der Waals surface area contributed by atoms with Gasteiger partial charge >= 0.3 is 0 Å². The zero-order valence-electron chi connectivity index (χ0n) is 11.7. The molecular formula is C14H14F2N2O4. The smallest absolute Gasteiger partial charge is 0.277 e.